The molecule has 1 aliphatic rings. The zero-order valence-electron chi connectivity index (χ0n) is 15.0. The summed E-state index contributed by atoms with van der Waals surface area (Å²) in [4.78, 5) is 12.5. The maximum atomic E-state index is 12.5. The van der Waals surface area contributed by atoms with Gasteiger partial charge in [0.25, 0.3) is 5.91 Å². The lowest BCUT2D eigenvalue weighted by atomic mass is 10.2. The van der Waals surface area contributed by atoms with Crippen LogP contribution in [-0.4, -0.2) is 35.3 Å². The number of nitrogens with zero attached hydrogens (tertiary/aromatic N) is 2. The summed E-state index contributed by atoms with van der Waals surface area (Å²) in [6, 6.07) is 8.30. The number of nitrogens with one attached hydrogen (secondary N) is 2. The van der Waals surface area contributed by atoms with Crippen molar-refractivity contribution in [3.05, 3.63) is 46.8 Å². The molecule has 2 aromatic rings. The number of aromatic nitrogens is 2. The van der Waals surface area contributed by atoms with Crippen molar-refractivity contribution in [2.24, 2.45) is 0 Å². The molecule has 1 aromatic carbocycles. The third kappa shape index (κ3) is 4.41. The topological polar surface area (TPSA) is 58.9 Å². The van der Waals surface area contributed by atoms with Crippen LogP contribution in [0.2, 0.25) is 0 Å². The van der Waals surface area contributed by atoms with E-state index in [9.17, 15) is 4.79 Å². The van der Waals surface area contributed by atoms with Crippen LogP contribution in [0.1, 0.15) is 47.1 Å². The molecule has 1 heterocycles. The Bertz CT molecular complexity index is 709. The molecule has 3 rings (SSSR count). The molecule has 0 bridgehead atoms. The third-order valence-corrected chi connectivity index (χ3v) is 4.44. The summed E-state index contributed by atoms with van der Waals surface area (Å²) < 4.78 is 1.95. The summed E-state index contributed by atoms with van der Waals surface area (Å²) in [5.74, 6) is -0.0580. The van der Waals surface area contributed by atoms with Crippen LogP contribution < -0.4 is 10.6 Å². The molecule has 136 valence electrons. The first-order valence-electron chi connectivity index (χ1n) is 8.87. The quantitative estimate of drug-likeness (QED) is 0.744. The maximum absolute atomic E-state index is 12.5. The Morgan fingerprint density at radius 3 is 2.64 bits per heavy atom. The SMILES string of the molecule is CCCNCCNC(=O)c1nn(-c2ccc(C)cc2)c2c1CCC2.Cl. The van der Waals surface area contributed by atoms with Crippen LogP contribution in [0.4, 0.5) is 0 Å². The van der Waals surface area contributed by atoms with E-state index in [1.165, 1.54) is 11.3 Å². The minimum absolute atomic E-state index is 0. The van der Waals surface area contributed by atoms with E-state index in [4.69, 9.17) is 0 Å². The molecule has 5 nitrogen and oxygen atoms in total. The zero-order valence-corrected chi connectivity index (χ0v) is 15.8. The minimum atomic E-state index is -0.0580. The summed E-state index contributed by atoms with van der Waals surface area (Å²) in [6.07, 6.45) is 4.12. The van der Waals surface area contributed by atoms with Gasteiger partial charge in [0.1, 0.15) is 0 Å². The van der Waals surface area contributed by atoms with Crippen LogP contribution in [-0.2, 0) is 12.8 Å². The Morgan fingerprint density at radius 2 is 1.92 bits per heavy atom. The molecule has 6 heteroatoms. The Kier molecular flexibility index (Phi) is 7.02. The van der Waals surface area contributed by atoms with Gasteiger partial charge in [-0.3, -0.25) is 4.79 Å². The highest BCUT2D eigenvalue weighted by molar-refractivity contribution is 5.94. The summed E-state index contributed by atoms with van der Waals surface area (Å²) in [5.41, 5.74) is 5.16. The first-order chi connectivity index (χ1) is 11.7. The van der Waals surface area contributed by atoms with Gasteiger partial charge in [0, 0.05) is 24.3 Å². The molecule has 1 aliphatic carbocycles. The van der Waals surface area contributed by atoms with Gasteiger partial charge in [0.2, 0.25) is 0 Å². The summed E-state index contributed by atoms with van der Waals surface area (Å²) in [7, 11) is 0. The van der Waals surface area contributed by atoms with Gasteiger partial charge in [-0.2, -0.15) is 5.10 Å². The van der Waals surface area contributed by atoms with Crippen molar-refractivity contribution >= 4 is 18.3 Å². The molecular formula is C19H27ClN4O. The van der Waals surface area contributed by atoms with Crippen molar-refractivity contribution in [2.75, 3.05) is 19.6 Å². The molecule has 2 N–H and O–H groups in total. The maximum Gasteiger partial charge on any atom is 0.272 e. The van der Waals surface area contributed by atoms with E-state index in [0.29, 0.717) is 12.2 Å². The van der Waals surface area contributed by atoms with Gasteiger partial charge < -0.3 is 10.6 Å². The van der Waals surface area contributed by atoms with Gasteiger partial charge in [-0.05, 0) is 51.3 Å². The van der Waals surface area contributed by atoms with Crippen LogP contribution in [0.25, 0.3) is 5.69 Å². The van der Waals surface area contributed by atoms with Gasteiger partial charge in [-0.1, -0.05) is 24.6 Å². The molecule has 0 aliphatic heterocycles. The number of hydrogen-bond acceptors (Lipinski definition) is 3. The van der Waals surface area contributed by atoms with Gasteiger partial charge in [-0.25, -0.2) is 4.68 Å². The second kappa shape index (κ2) is 9.02. The minimum Gasteiger partial charge on any atom is -0.349 e. The highest BCUT2D eigenvalue weighted by Crippen LogP contribution is 2.27. The Labute approximate surface area is 155 Å². The van der Waals surface area contributed by atoms with Crippen molar-refractivity contribution in [3.8, 4) is 5.69 Å². The van der Waals surface area contributed by atoms with Gasteiger partial charge in [-0.15, -0.1) is 12.4 Å². The van der Waals surface area contributed by atoms with E-state index >= 15 is 0 Å². The molecule has 0 saturated heterocycles. The molecule has 0 unspecified atom stereocenters. The number of fused-ring (bicyclic) bond motifs is 1. The van der Waals surface area contributed by atoms with Crippen molar-refractivity contribution in [1.82, 2.24) is 20.4 Å². The van der Waals surface area contributed by atoms with E-state index in [1.54, 1.807) is 0 Å². The fourth-order valence-corrected chi connectivity index (χ4v) is 3.17. The largest absolute Gasteiger partial charge is 0.349 e. The predicted octanol–water partition coefficient (Wildman–Crippen LogP) is 2.82. The van der Waals surface area contributed by atoms with Crippen LogP contribution >= 0.6 is 12.4 Å². The number of rotatable bonds is 7. The molecule has 0 atom stereocenters. The van der Waals surface area contributed by atoms with Crippen molar-refractivity contribution in [2.45, 2.75) is 39.5 Å². The first-order valence-corrected chi connectivity index (χ1v) is 8.87. The highest BCUT2D eigenvalue weighted by atomic mass is 35.5. The second-order valence-electron chi connectivity index (χ2n) is 6.38. The lowest BCUT2D eigenvalue weighted by Gasteiger charge is -2.06. The number of carbonyl (C=O) groups is 1. The molecule has 0 fully saturated rings. The Morgan fingerprint density at radius 1 is 1.16 bits per heavy atom. The lowest BCUT2D eigenvalue weighted by Crippen LogP contribution is -2.32. The van der Waals surface area contributed by atoms with Crippen LogP contribution in [0.3, 0.4) is 0 Å². The highest BCUT2D eigenvalue weighted by Gasteiger charge is 2.26. The molecule has 0 radical (unpaired) electrons. The number of hydrogen-bond donors (Lipinski definition) is 2. The van der Waals surface area contributed by atoms with E-state index in [1.807, 2.05) is 4.68 Å². The molecule has 0 spiro atoms. The van der Waals surface area contributed by atoms with E-state index in [0.717, 1.165) is 50.0 Å². The van der Waals surface area contributed by atoms with Crippen LogP contribution in [0.15, 0.2) is 24.3 Å². The van der Waals surface area contributed by atoms with Crippen molar-refractivity contribution in [1.29, 1.82) is 0 Å². The van der Waals surface area contributed by atoms with Gasteiger partial charge in [0.05, 0.1) is 5.69 Å². The average molecular weight is 363 g/mol. The fourth-order valence-electron chi connectivity index (χ4n) is 3.17. The van der Waals surface area contributed by atoms with E-state index in [2.05, 4.69) is 53.8 Å². The number of carbonyl (C=O) groups excluding carboxylic acids is 1. The van der Waals surface area contributed by atoms with Gasteiger partial charge in [0.15, 0.2) is 5.69 Å². The molecule has 1 amide bonds. The van der Waals surface area contributed by atoms with Gasteiger partial charge >= 0.3 is 0 Å². The monoisotopic (exact) mass is 362 g/mol. The number of amides is 1. The second-order valence-corrected chi connectivity index (χ2v) is 6.38. The van der Waals surface area contributed by atoms with Crippen LogP contribution in [0.5, 0.6) is 0 Å². The molecule has 0 saturated carbocycles. The van der Waals surface area contributed by atoms with Crippen molar-refractivity contribution in [3.63, 3.8) is 0 Å². The Balaban J connectivity index is 0.00000225. The molecule has 25 heavy (non-hydrogen) atoms. The van der Waals surface area contributed by atoms with E-state index in [-0.39, 0.29) is 18.3 Å². The zero-order chi connectivity index (χ0) is 16.9. The van der Waals surface area contributed by atoms with E-state index < -0.39 is 0 Å². The number of benzene rings is 1. The normalized spacial score (nSPS) is 12.6. The molecular weight excluding hydrogens is 336 g/mol. The molecule has 1 aromatic heterocycles. The van der Waals surface area contributed by atoms with Crippen LogP contribution in [0, 0.1) is 6.92 Å². The summed E-state index contributed by atoms with van der Waals surface area (Å²) >= 11 is 0. The number of halogens is 1. The number of aryl methyl sites for hydroxylation is 1. The summed E-state index contributed by atoms with van der Waals surface area (Å²) in [6.45, 7) is 6.61. The Hall–Kier alpha value is -1.85. The average Bonchev–Trinajstić information content (AvgIpc) is 3.18. The fraction of sp³-hybridized carbons (Fsp3) is 0.474. The standard InChI is InChI=1S/C19H26N4O.ClH/c1-3-11-20-12-13-21-19(24)18-16-5-4-6-17(16)23(22-18)15-9-7-14(2)8-10-15;/h7-10,20H,3-6,11-13H2,1-2H3,(H,21,24);1H. The lowest BCUT2D eigenvalue weighted by molar-refractivity contribution is 0.0947. The van der Waals surface area contributed by atoms with Crippen molar-refractivity contribution < 1.29 is 4.79 Å². The predicted molar refractivity (Wildman–Crippen MR) is 103 cm³/mol. The third-order valence-electron chi connectivity index (χ3n) is 4.44. The smallest absolute Gasteiger partial charge is 0.272 e. The summed E-state index contributed by atoms with van der Waals surface area (Å²) in [5, 5.41) is 10.9. The first kappa shape index (κ1) is 19.5.